The van der Waals surface area contributed by atoms with Crippen LogP contribution in [-0.4, -0.2) is 49.0 Å². The first-order chi connectivity index (χ1) is 12.1. The number of rotatable bonds is 6. The second-order valence-electron chi connectivity index (χ2n) is 8.18. The molecule has 3 aliphatic rings. The summed E-state index contributed by atoms with van der Waals surface area (Å²) in [4.78, 5) is 2.43. The Morgan fingerprint density at radius 3 is 2.76 bits per heavy atom. The van der Waals surface area contributed by atoms with Crippen LogP contribution in [0, 0.1) is 5.92 Å². The molecule has 4 rings (SSSR count). The standard InChI is InChI=1S/C21H31NO3/c1-3-24-19-12-16(6-7-18(19)25-14-15-4-5-15)21-9-8-17(23)13-20(21)22(2)11-10-21/h6-7,12,15,17,20,23H,3-5,8-11,13-14H2,1-2H3/t17-,20-,21-/m0/s1. The number of aliphatic hydroxyl groups is 1. The Morgan fingerprint density at radius 1 is 1.16 bits per heavy atom. The van der Waals surface area contributed by atoms with Gasteiger partial charge in [0, 0.05) is 11.5 Å². The molecule has 1 aromatic carbocycles. The molecule has 0 bridgehead atoms. The Hall–Kier alpha value is -1.26. The Morgan fingerprint density at radius 2 is 2.00 bits per heavy atom. The van der Waals surface area contributed by atoms with Gasteiger partial charge >= 0.3 is 0 Å². The van der Waals surface area contributed by atoms with Gasteiger partial charge in [-0.25, -0.2) is 0 Å². The monoisotopic (exact) mass is 345 g/mol. The summed E-state index contributed by atoms with van der Waals surface area (Å²) in [6.07, 6.45) is 6.41. The van der Waals surface area contributed by atoms with Gasteiger partial charge < -0.3 is 19.5 Å². The maximum atomic E-state index is 10.2. The van der Waals surface area contributed by atoms with Gasteiger partial charge in [0.05, 0.1) is 19.3 Å². The van der Waals surface area contributed by atoms with Gasteiger partial charge in [-0.2, -0.15) is 0 Å². The highest BCUT2D eigenvalue weighted by atomic mass is 16.5. The van der Waals surface area contributed by atoms with E-state index in [2.05, 4.69) is 30.1 Å². The fraction of sp³-hybridized carbons (Fsp3) is 0.714. The number of likely N-dealkylation sites (N-methyl/N-ethyl adjacent to an activating group) is 1. The van der Waals surface area contributed by atoms with Gasteiger partial charge in [-0.3, -0.25) is 0 Å². The topological polar surface area (TPSA) is 41.9 Å². The number of aliphatic hydroxyl groups excluding tert-OH is 1. The summed E-state index contributed by atoms with van der Waals surface area (Å²) < 4.78 is 12.0. The minimum Gasteiger partial charge on any atom is -0.490 e. The molecule has 4 nitrogen and oxygen atoms in total. The molecule has 0 aromatic heterocycles. The number of hydrogen-bond donors (Lipinski definition) is 1. The highest BCUT2D eigenvalue weighted by molar-refractivity contribution is 5.46. The summed E-state index contributed by atoms with van der Waals surface area (Å²) in [6, 6.07) is 6.99. The lowest BCUT2D eigenvalue weighted by atomic mass is 9.65. The lowest BCUT2D eigenvalue weighted by Crippen LogP contribution is -2.47. The zero-order chi connectivity index (χ0) is 17.4. The van der Waals surface area contributed by atoms with E-state index in [0.29, 0.717) is 12.6 Å². The Labute approximate surface area is 151 Å². The third-order valence-corrected chi connectivity index (χ3v) is 6.49. The van der Waals surface area contributed by atoms with Crippen LogP contribution in [0.1, 0.15) is 51.0 Å². The van der Waals surface area contributed by atoms with E-state index in [9.17, 15) is 5.11 Å². The van der Waals surface area contributed by atoms with Crippen LogP contribution in [0.3, 0.4) is 0 Å². The summed E-state index contributed by atoms with van der Waals surface area (Å²) in [5, 5.41) is 10.2. The second-order valence-corrected chi connectivity index (χ2v) is 8.18. The lowest BCUT2D eigenvalue weighted by Gasteiger charge is -2.43. The number of fused-ring (bicyclic) bond motifs is 1. The average Bonchev–Trinajstić information content (AvgIpc) is 3.38. The lowest BCUT2D eigenvalue weighted by molar-refractivity contribution is 0.0566. The predicted molar refractivity (Wildman–Crippen MR) is 98.4 cm³/mol. The van der Waals surface area contributed by atoms with Gasteiger partial charge in [0.15, 0.2) is 11.5 Å². The van der Waals surface area contributed by atoms with Crippen LogP contribution in [0.4, 0.5) is 0 Å². The SMILES string of the molecule is CCOc1cc([C@@]23CC[C@H](O)C[C@@H]2N(C)CC3)ccc1OCC1CC1. The molecule has 138 valence electrons. The van der Waals surface area contributed by atoms with E-state index >= 15 is 0 Å². The molecule has 4 heteroatoms. The second kappa shape index (κ2) is 6.81. The van der Waals surface area contributed by atoms with Gasteiger partial charge in [0.2, 0.25) is 0 Å². The Bertz CT molecular complexity index is 615. The highest BCUT2D eigenvalue weighted by Crippen LogP contribution is 2.50. The van der Waals surface area contributed by atoms with Crippen molar-refractivity contribution >= 4 is 0 Å². The van der Waals surface area contributed by atoms with Crippen molar-refractivity contribution in [2.24, 2.45) is 5.92 Å². The number of likely N-dealkylation sites (tertiary alicyclic amines) is 1. The molecule has 0 spiro atoms. The van der Waals surface area contributed by atoms with E-state index < -0.39 is 0 Å². The minimum atomic E-state index is -0.161. The predicted octanol–water partition coefficient (Wildman–Crippen LogP) is 3.36. The molecule has 2 saturated carbocycles. The highest BCUT2D eigenvalue weighted by Gasteiger charge is 2.50. The molecule has 1 aromatic rings. The van der Waals surface area contributed by atoms with Crippen molar-refractivity contribution < 1.29 is 14.6 Å². The number of nitrogens with zero attached hydrogens (tertiary/aromatic N) is 1. The van der Waals surface area contributed by atoms with E-state index in [1.54, 1.807) is 0 Å². The quantitative estimate of drug-likeness (QED) is 0.858. The van der Waals surface area contributed by atoms with Gasteiger partial charge in [0.25, 0.3) is 0 Å². The molecule has 1 saturated heterocycles. The zero-order valence-corrected chi connectivity index (χ0v) is 15.5. The molecular weight excluding hydrogens is 314 g/mol. The van der Waals surface area contributed by atoms with Crippen molar-refractivity contribution in [1.29, 1.82) is 0 Å². The van der Waals surface area contributed by atoms with Crippen molar-refractivity contribution in [2.45, 2.75) is 63.0 Å². The molecular formula is C21H31NO3. The molecule has 0 unspecified atom stereocenters. The molecule has 0 radical (unpaired) electrons. The molecule has 1 aliphatic heterocycles. The molecule has 0 amide bonds. The van der Waals surface area contributed by atoms with E-state index in [1.807, 2.05) is 6.92 Å². The summed E-state index contributed by atoms with van der Waals surface area (Å²) in [6.45, 7) is 4.58. The van der Waals surface area contributed by atoms with E-state index in [-0.39, 0.29) is 11.5 Å². The van der Waals surface area contributed by atoms with Gasteiger partial charge in [-0.05, 0) is 82.7 Å². The normalized spacial score (nSPS) is 32.4. The maximum absolute atomic E-state index is 10.2. The first-order valence-corrected chi connectivity index (χ1v) is 9.91. The van der Waals surface area contributed by atoms with Gasteiger partial charge in [-0.15, -0.1) is 0 Å². The van der Waals surface area contributed by atoms with E-state index in [4.69, 9.17) is 9.47 Å². The van der Waals surface area contributed by atoms with Crippen LogP contribution >= 0.6 is 0 Å². The van der Waals surface area contributed by atoms with Crippen molar-refractivity contribution in [3.8, 4) is 11.5 Å². The van der Waals surface area contributed by atoms with Crippen LogP contribution < -0.4 is 9.47 Å². The van der Waals surface area contributed by atoms with E-state index in [0.717, 1.165) is 56.3 Å². The summed E-state index contributed by atoms with van der Waals surface area (Å²) in [5.41, 5.74) is 1.51. The molecule has 3 fully saturated rings. The first kappa shape index (κ1) is 17.2. The molecule has 25 heavy (non-hydrogen) atoms. The minimum absolute atomic E-state index is 0.148. The molecule has 1 heterocycles. The van der Waals surface area contributed by atoms with Crippen molar-refractivity contribution in [1.82, 2.24) is 4.90 Å². The molecule has 1 N–H and O–H groups in total. The van der Waals surface area contributed by atoms with Crippen LogP contribution in [0.15, 0.2) is 18.2 Å². The zero-order valence-electron chi connectivity index (χ0n) is 15.5. The van der Waals surface area contributed by atoms with Gasteiger partial charge in [-0.1, -0.05) is 6.07 Å². The smallest absolute Gasteiger partial charge is 0.161 e. The maximum Gasteiger partial charge on any atom is 0.161 e. The van der Waals surface area contributed by atoms with Crippen LogP contribution in [0.5, 0.6) is 11.5 Å². The average molecular weight is 345 g/mol. The van der Waals surface area contributed by atoms with Crippen molar-refractivity contribution in [2.75, 3.05) is 26.8 Å². The summed E-state index contributed by atoms with van der Waals surface area (Å²) in [7, 11) is 2.20. The van der Waals surface area contributed by atoms with Crippen LogP contribution in [-0.2, 0) is 5.41 Å². The fourth-order valence-electron chi connectivity index (χ4n) is 4.80. The summed E-state index contributed by atoms with van der Waals surface area (Å²) in [5.74, 6) is 2.50. The van der Waals surface area contributed by atoms with Gasteiger partial charge in [0.1, 0.15) is 0 Å². The van der Waals surface area contributed by atoms with E-state index in [1.165, 1.54) is 18.4 Å². The van der Waals surface area contributed by atoms with Crippen LogP contribution in [0.25, 0.3) is 0 Å². The fourth-order valence-corrected chi connectivity index (χ4v) is 4.80. The van der Waals surface area contributed by atoms with Crippen molar-refractivity contribution in [3.05, 3.63) is 23.8 Å². The number of benzene rings is 1. The molecule has 3 atom stereocenters. The number of ether oxygens (including phenoxy) is 2. The van der Waals surface area contributed by atoms with Crippen LogP contribution in [0.2, 0.25) is 0 Å². The Balaban J connectivity index is 1.63. The third kappa shape index (κ3) is 3.26. The van der Waals surface area contributed by atoms with Crippen molar-refractivity contribution in [3.63, 3.8) is 0 Å². The third-order valence-electron chi connectivity index (χ3n) is 6.49. The molecule has 2 aliphatic carbocycles. The Kier molecular flexibility index (Phi) is 4.67. The summed E-state index contributed by atoms with van der Waals surface area (Å²) >= 11 is 0. The first-order valence-electron chi connectivity index (χ1n) is 9.91. The largest absolute Gasteiger partial charge is 0.490 e. The number of hydrogen-bond acceptors (Lipinski definition) is 4.